The van der Waals surface area contributed by atoms with Crippen molar-refractivity contribution >= 4 is 11.8 Å². The first-order valence-corrected chi connectivity index (χ1v) is 14.5. The molecule has 2 heterocycles. The summed E-state index contributed by atoms with van der Waals surface area (Å²) in [4.78, 5) is 31.6. The maximum absolute atomic E-state index is 13.6. The quantitative estimate of drug-likeness (QED) is 0.435. The standard InChI is InChI=1S/C30H47N3O2/c1-2-20-33-28(34)27(24-26-16-10-6-11-17-26)31-29(35)30(33)18-22-32(23-19-30)21-12-4-3-7-13-25-14-8-5-9-15-25/h5,8-9,14-15,26-27H,2-4,6-7,10-13,16-24H2,1H3,(H,31,35)/t27-/m0/s1. The Morgan fingerprint density at radius 3 is 2.34 bits per heavy atom. The van der Waals surface area contributed by atoms with Crippen molar-refractivity contribution in [1.29, 1.82) is 0 Å². The molecule has 0 aromatic heterocycles. The molecule has 0 unspecified atom stereocenters. The van der Waals surface area contributed by atoms with Crippen LogP contribution in [0.3, 0.4) is 0 Å². The minimum absolute atomic E-state index is 0.118. The molecule has 1 atom stereocenters. The maximum Gasteiger partial charge on any atom is 0.246 e. The molecule has 1 spiro atoms. The average molecular weight is 482 g/mol. The summed E-state index contributed by atoms with van der Waals surface area (Å²) in [7, 11) is 0. The highest BCUT2D eigenvalue weighted by Gasteiger charge is 2.53. The van der Waals surface area contributed by atoms with Gasteiger partial charge in [-0.05, 0) is 63.0 Å². The Morgan fingerprint density at radius 1 is 0.914 bits per heavy atom. The lowest BCUT2D eigenvalue weighted by atomic mass is 9.79. The molecule has 0 bridgehead atoms. The molecular weight excluding hydrogens is 434 g/mol. The Hall–Kier alpha value is -1.88. The van der Waals surface area contributed by atoms with Crippen molar-refractivity contribution in [3.05, 3.63) is 35.9 Å². The lowest BCUT2D eigenvalue weighted by molar-refractivity contribution is -0.161. The van der Waals surface area contributed by atoms with Crippen molar-refractivity contribution < 1.29 is 9.59 Å². The van der Waals surface area contributed by atoms with Crippen LogP contribution in [0.1, 0.15) is 96.0 Å². The van der Waals surface area contributed by atoms with Crippen LogP contribution >= 0.6 is 0 Å². The second-order valence-electron chi connectivity index (χ2n) is 11.3. The van der Waals surface area contributed by atoms with Gasteiger partial charge in [0, 0.05) is 19.6 Å². The zero-order valence-corrected chi connectivity index (χ0v) is 22.0. The Kier molecular flexibility index (Phi) is 9.65. The fourth-order valence-electron chi connectivity index (χ4n) is 6.65. The Morgan fingerprint density at radius 2 is 1.63 bits per heavy atom. The highest BCUT2D eigenvalue weighted by atomic mass is 16.2. The predicted octanol–water partition coefficient (Wildman–Crippen LogP) is 5.33. The zero-order valence-electron chi connectivity index (χ0n) is 22.0. The number of benzene rings is 1. The Bertz CT molecular complexity index is 797. The van der Waals surface area contributed by atoms with Gasteiger partial charge in [-0.3, -0.25) is 9.59 Å². The lowest BCUT2D eigenvalue weighted by Gasteiger charge is -2.52. The summed E-state index contributed by atoms with van der Waals surface area (Å²) < 4.78 is 0. The van der Waals surface area contributed by atoms with Crippen LogP contribution in [0.5, 0.6) is 0 Å². The van der Waals surface area contributed by atoms with E-state index in [4.69, 9.17) is 0 Å². The van der Waals surface area contributed by atoms with Crippen molar-refractivity contribution in [2.75, 3.05) is 26.2 Å². The SMILES string of the molecule is CCCN1C(=O)[C@H](CC2CCCCC2)NC(=O)C12CCN(CCCCCCc1ccccc1)CC2. The smallest absolute Gasteiger partial charge is 0.246 e. The number of piperazine rings is 1. The normalized spacial score (nSPS) is 23.6. The van der Waals surface area contributed by atoms with Crippen LogP contribution in [-0.4, -0.2) is 59.4 Å². The first-order valence-electron chi connectivity index (χ1n) is 14.5. The highest BCUT2D eigenvalue weighted by Crippen LogP contribution is 2.36. The summed E-state index contributed by atoms with van der Waals surface area (Å²) in [6.07, 6.45) is 15.7. The summed E-state index contributed by atoms with van der Waals surface area (Å²) >= 11 is 0. The van der Waals surface area contributed by atoms with Crippen LogP contribution in [0.4, 0.5) is 0 Å². The number of hydrogen-bond acceptors (Lipinski definition) is 3. The molecule has 2 saturated heterocycles. The minimum Gasteiger partial charge on any atom is -0.342 e. The number of nitrogens with one attached hydrogen (secondary N) is 1. The summed E-state index contributed by atoms with van der Waals surface area (Å²) in [5, 5.41) is 3.21. The largest absolute Gasteiger partial charge is 0.342 e. The van der Waals surface area contributed by atoms with Gasteiger partial charge < -0.3 is 15.1 Å². The number of unbranched alkanes of at least 4 members (excludes halogenated alkanes) is 3. The molecule has 5 nitrogen and oxygen atoms in total. The number of carbonyl (C=O) groups excluding carboxylic acids is 2. The third kappa shape index (κ3) is 6.67. The molecule has 3 aliphatic rings. The molecule has 2 aliphatic heterocycles. The van der Waals surface area contributed by atoms with Crippen LogP contribution < -0.4 is 5.32 Å². The maximum atomic E-state index is 13.6. The number of carbonyl (C=O) groups is 2. The van der Waals surface area contributed by atoms with Gasteiger partial charge in [-0.25, -0.2) is 0 Å². The number of likely N-dealkylation sites (tertiary alicyclic amines) is 1. The van der Waals surface area contributed by atoms with Crippen molar-refractivity contribution in [2.45, 2.75) is 108 Å². The fourth-order valence-corrected chi connectivity index (χ4v) is 6.65. The van der Waals surface area contributed by atoms with Gasteiger partial charge in [-0.1, -0.05) is 82.2 Å². The molecule has 35 heavy (non-hydrogen) atoms. The number of rotatable bonds is 11. The van der Waals surface area contributed by atoms with E-state index in [1.807, 2.05) is 4.90 Å². The second-order valence-corrected chi connectivity index (χ2v) is 11.3. The van der Waals surface area contributed by atoms with Gasteiger partial charge in [0.05, 0.1) is 0 Å². The van der Waals surface area contributed by atoms with Gasteiger partial charge in [-0.15, -0.1) is 0 Å². The van der Waals surface area contributed by atoms with Crippen molar-refractivity contribution in [2.24, 2.45) is 5.92 Å². The van der Waals surface area contributed by atoms with E-state index in [2.05, 4.69) is 47.5 Å². The van der Waals surface area contributed by atoms with E-state index >= 15 is 0 Å². The molecule has 5 heteroatoms. The first kappa shape index (κ1) is 26.2. The molecular formula is C30H47N3O2. The van der Waals surface area contributed by atoms with Crippen LogP contribution in [0, 0.1) is 5.92 Å². The molecule has 1 aromatic rings. The van der Waals surface area contributed by atoms with Gasteiger partial charge >= 0.3 is 0 Å². The highest BCUT2D eigenvalue weighted by molar-refractivity contribution is 6.00. The van der Waals surface area contributed by atoms with Gasteiger partial charge in [0.25, 0.3) is 0 Å². The predicted molar refractivity (Wildman–Crippen MR) is 142 cm³/mol. The van der Waals surface area contributed by atoms with Gasteiger partial charge in [0.1, 0.15) is 11.6 Å². The van der Waals surface area contributed by atoms with Crippen LogP contribution in [-0.2, 0) is 16.0 Å². The molecule has 1 saturated carbocycles. The molecule has 0 radical (unpaired) electrons. The third-order valence-electron chi connectivity index (χ3n) is 8.77. The van der Waals surface area contributed by atoms with Crippen molar-refractivity contribution in [3.8, 4) is 0 Å². The van der Waals surface area contributed by atoms with E-state index in [0.29, 0.717) is 12.5 Å². The summed E-state index contributed by atoms with van der Waals surface area (Å²) in [5.41, 5.74) is 0.814. The number of amides is 2. The van der Waals surface area contributed by atoms with Gasteiger partial charge in [0.2, 0.25) is 11.8 Å². The van der Waals surface area contributed by atoms with Crippen molar-refractivity contribution in [3.63, 3.8) is 0 Å². The van der Waals surface area contributed by atoms with E-state index in [1.54, 1.807) is 0 Å². The molecule has 1 aromatic carbocycles. The lowest BCUT2D eigenvalue weighted by Crippen LogP contribution is -2.73. The number of nitrogens with zero attached hydrogens (tertiary/aromatic N) is 2. The van der Waals surface area contributed by atoms with E-state index in [0.717, 1.165) is 45.3 Å². The summed E-state index contributed by atoms with van der Waals surface area (Å²) in [6, 6.07) is 10.5. The van der Waals surface area contributed by atoms with Crippen LogP contribution in [0.25, 0.3) is 0 Å². The Labute approximate surface area is 213 Å². The third-order valence-corrected chi connectivity index (χ3v) is 8.77. The number of piperidine rings is 1. The van der Waals surface area contributed by atoms with E-state index in [1.165, 1.54) is 69.8 Å². The van der Waals surface area contributed by atoms with E-state index in [-0.39, 0.29) is 17.9 Å². The molecule has 2 amide bonds. The molecule has 1 aliphatic carbocycles. The second kappa shape index (κ2) is 12.9. The van der Waals surface area contributed by atoms with E-state index < -0.39 is 5.54 Å². The van der Waals surface area contributed by atoms with Crippen molar-refractivity contribution in [1.82, 2.24) is 15.1 Å². The number of aryl methyl sites for hydroxylation is 1. The average Bonchev–Trinajstić information content (AvgIpc) is 2.89. The van der Waals surface area contributed by atoms with Crippen LogP contribution in [0.2, 0.25) is 0 Å². The van der Waals surface area contributed by atoms with E-state index in [9.17, 15) is 9.59 Å². The summed E-state index contributed by atoms with van der Waals surface area (Å²) in [6.45, 7) is 5.76. The number of hydrogen-bond donors (Lipinski definition) is 1. The molecule has 3 fully saturated rings. The van der Waals surface area contributed by atoms with Gasteiger partial charge in [0.15, 0.2) is 0 Å². The monoisotopic (exact) mass is 481 g/mol. The molecule has 4 rings (SSSR count). The Balaban J connectivity index is 1.23. The summed E-state index contributed by atoms with van der Waals surface area (Å²) in [5.74, 6) is 0.890. The topological polar surface area (TPSA) is 52.7 Å². The van der Waals surface area contributed by atoms with Gasteiger partial charge in [-0.2, -0.15) is 0 Å². The fraction of sp³-hybridized carbons (Fsp3) is 0.733. The minimum atomic E-state index is -0.623. The molecule has 1 N–H and O–H groups in total. The molecule has 194 valence electrons. The first-order chi connectivity index (χ1) is 17.1. The van der Waals surface area contributed by atoms with Crippen LogP contribution in [0.15, 0.2) is 30.3 Å². The zero-order chi connectivity index (χ0) is 24.5.